The Morgan fingerprint density at radius 1 is 1.35 bits per heavy atom. The molecule has 0 bridgehead atoms. The second kappa shape index (κ2) is 5.40. The van der Waals surface area contributed by atoms with Gasteiger partial charge in [0.2, 0.25) is 0 Å². The maximum absolute atomic E-state index is 13.7. The SMILES string of the molecule is CNc1c(F)cccc1C(=O)NC1CCOC1C1CC1. The summed E-state index contributed by atoms with van der Waals surface area (Å²) in [6, 6.07) is 4.57. The molecule has 1 aliphatic heterocycles. The molecule has 4 nitrogen and oxygen atoms in total. The number of amides is 1. The lowest BCUT2D eigenvalue weighted by molar-refractivity contribution is 0.0730. The van der Waals surface area contributed by atoms with Gasteiger partial charge in [0.15, 0.2) is 0 Å². The van der Waals surface area contributed by atoms with Gasteiger partial charge in [-0.15, -0.1) is 0 Å². The van der Waals surface area contributed by atoms with Crippen LogP contribution in [0.3, 0.4) is 0 Å². The van der Waals surface area contributed by atoms with Crippen molar-refractivity contribution < 1.29 is 13.9 Å². The Bertz CT molecular complexity index is 517. The minimum absolute atomic E-state index is 0.0444. The fraction of sp³-hybridized carbons (Fsp3) is 0.533. The zero-order valence-electron chi connectivity index (χ0n) is 11.5. The van der Waals surface area contributed by atoms with Gasteiger partial charge in [-0.2, -0.15) is 0 Å². The molecule has 3 rings (SSSR count). The van der Waals surface area contributed by atoms with Crippen LogP contribution in [0.25, 0.3) is 0 Å². The summed E-state index contributed by atoms with van der Waals surface area (Å²) >= 11 is 0. The molecule has 1 saturated carbocycles. The zero-order chi connectivity index (χ0) is 14.1. The smallest absolute Gasteiger partial charge is 0.253 e. The van der Waals surface area contributed by atoms with E-state index in [1.54, 1.807) is 19.2 Å². The maximum Gasteiger partial charge on any atom is 0.253 e. The molecule has 108 valence electrons. The largest absolute Gasteiger partial charge is 0.385 e. The van der Waals surface area contributed by atoms with E-state index in [1.165, 1.54) is 18.9 Å². The van der Waals surface area contributed by atoms with E-state index in [2.05, 4.69) is 10.6 Å². The molecule has 1 amide bonds. The Kier molecular flexibility index (Phi) is 3.61. The molecule has 1 aromatic rings. The van der Waals surface area contributed by atoms with Crippen molar-refractivity contribution in [2.75, 3.05) is 19.0 Å². The maximum atomic E-state index is 13.7. The Balaban J connectivity index is 1.74. The number of anilines is 1. The van der Waals surface area contributed by atoms with Crippen molar-refractivity contribution >= 4 is 11.6 Å². The molecule has 0 aromatic heterocycles. The summed E-state index contributed by atoms with van der Waals surface area (Å²) in [6.45, 7) is 0.689. The van der Waals surface area contributed by atoms with Crippen LogP contribution in [0.4, 0.5) is 10.1 Å². The standard InChI is InChI=1S/C15H19FN2O2/c1-17-13-10(3-2-4-11(13)16)15(19)18-12-7-8-20-14(12)9-5-6-9/h2-4,9,12,14,17H,5-8H2,1H3,(H,18,19). The highest BCUT2D eigenvalue weighted by Gasteiger charge is 2.41. The number of halogens is 1. The minimum atomic E-state index is -0.415. The molecule has 1 saturated heterocycles. The van der Waals surface area contributed by atoms with Gasteiger partial charge in [0.25, 0.3) is 5.91 Å². The molecular weight excluding hydrogens is 259 g/mol. The molecule has 2 fully saturated rings. The second-order valence-corrected chi connectivity index (χ2v) is 5.45. The molecule has 1 aliphatic carbocycles. The van der Waals surface area contributed by atoms with Crippen LogP contribution >= 0.6 is 0 Å². The van der Waals surface area contributed by atoms with Crippen molar-refractivity contribution in [3.8, 4) is 0 Å². The lowest BCUT2D eigenvalue weighted by Gasteiger charge is -2.20. The van der Waals surface area contributed by atoms with E-state index in [4.69, 9.17) is 4.74 Å². The van der Waals surface area contributed by atoms with E-state index in [0.717, 1.165) is 6.42 Å². The Labute approximate surface area is 117 Å². The summed E-state index contributed by atoms with van der Waals surface area (Å²) in [5, 5.41) is 5.75. The molecule has 1 aromatic carbocycles. The van der Waals surface area contributed by atoms with Gasteiger partial charge >= 0.3 is 0 Å². The lowest BCUT2D eigenvalue weighted by Crippen LogP contribution is -2.41. The molecular formula is C15H19FN2O2. The lowest BCUT2D eigenvalue weighted by atomic mass is 10.0. The normalized spacial score (nSPS) is 25.5. The molecule has 2 aliphatic rings. The Morgan fingerprint density at radius 2 is 2.15 bits per heavy atom. The number of benzene rings is 1. The molecule has 1 heterocycles. The average Bonchev–Trinajstić information content (AvgIpc) is 3.19. The van der Waals surface area contributed by atoms with Gasteiger partial charge in [0, 0.05) is 13.7 Å². The van der Waals surface area contributed by atoms with E-state index in [1.807, 2.05) is 0 Å². The van der Waals surface area contributed by atoms with Crippen LogP contribution in [0, 0.1) is 11.7 Å². The molecule has 2 unspecified atom stereocenters. The third-order valence-corrected chi connectivity index (χ3v) is 4.05. The first-order valence-electron chi connectivity index (χ1n) is 7.09. The predicted octanol–water partition coefficient (Wildman–Crippen LogP) is 2.16. The van der Waals surface area contributed by atoms with Gasteiger partial charge in [-0.25, -0.2) is 4.39 Å². The molecule has 0 radical (unpaired) electrons. The van der Waals surface area contributed by atoms with Gasteiger partial charge in [0.05, 0.1) is 23.4 Å². The first-order chi connectivity index (χ1) is 9.70. The van der Waals surface area contributed by atoms with Crippen molar-refractivity contribution in [3.63, 3.8) is 0 Å². The van der Waals surface area contributed by atoms with Gasteiger partial charge in [-0.05, 0) is 37.3 Å². The van der Waals surface area contributed by atoms with E-state index in [9.17, 15) is 9.18 Å². The van der Waals surface area contributed by atoms with Crippen LogP contribution in [-0.4, -0.2) is 31.7 Å². The minimum Gasteiger partial charge on any atom is -0.385 e. The highest BCUT2D eigenvalue weighted by molar-refractivity contribution is 5.99. The number of para-hydroxylation sites is 1. The second-order valence-electron chi connectivity index (χ2n) is 5.45. The summed E-state index contributed by atoms with van der Waals surface area (Å²) < 4.78 is 19.4. The zero-order valence-corrected chi connectivity index (χ0v) is 11.5. The van der Waals surface area contributed by atoms with Crippen molar-refractivity contribution in [1.29, 1.82) is 0 Å². The first kappa shape index (κ1) is 13.4. The quantitative estimate of drug-likeness (QED) is 0.887. The highest BCUT2D eigenvalue weighted by Crippen LogP contribution is 2.38. The van der Waals surface area contributed by atoms with Crippen LogP contribution in [0.2, 0.25) is 0 Å². The van der Waals surface area contributed by atoms with Gasteiger partial charge in [0.1, 0.15) is 5.82 Å². The van der Waals surface area contributed by atoms with Crippen LogP contribution < -0.4 is 10.6 Å². The number of nitrogens with one attached hydrogen (secondary N) is 2. The number of hydrogen-bond acceptors (Lipinski definition) is 3. The van der Waals surface area contributed by atoms with Crippen molar-refractivity contribution in [2.45, 2.75) is 31.4 Å². The summed E-state index contributed by atoms with van der Waals surface area (Å²) in [5.74, 6) is -0.0735. The third-order valence-electron chi connectivity index (χ3n) is 4.05. The van der Waals surface area contributed by atoms with E-state index < -0.39 is 5.82 Å². The molecule has 2 atom stereocenters. The molecule has 2 N–H and O–H groups in total. The van der Waals surface area contributed by atoms with Crippen molar-refractivity contribution in [3.05, 3.63) is 29.6 Å². The summed E-state index contributed by atoms with van der Waals surface area (Å²) in [4.78, 5) is 12.3. The first-order valence-corrected chi connectivity index (χ1v) is 7.09. The number of carbonyl (C=O) groups excluding carboxylic acids is 1. The summed E-state index contributed by atoms with van der Waals surface area (Å²) in [5.41, 5.74) is 0.584. The summed E-state index contributed by atoms with van der Waals surface area (Å²) in [7, 11) is 1.61. The van der Waals surface area contributed by atoms with Crippen LogP contribution in [0.15, 0.2) is 18.2 Å². The van der Waals surface area contributed by atoms with Gasteiger partial charge in [-0.1, -0.05) is 6.07 Å². The number of ether oxygens (including phenoxy) is 1. The molecule has 5 heteroatoms. The number of rotatable bonds is 4. The van der Waals surface area contributed by atoms with Crippen LogP contribution in [0.1, 0.15) is 29.6 Å². The Morgan fingerprint density at radius 3 is 2.85 bits per heavy atom. The van der Waals surface area contributed by atoms with Crippen LogP contribution in [-0.2, 0) is 4.74 Å². The van der Waals surface area contributed by atoms with Crippen molar-refractivity contribution in [2.24, 2.45) is 5.92 Å². The van der Waals surface area contributed by atoms with Crippen molar-refractivity contribution in [1.82, 2.24) is 5.32 Å². The predicted molar refractivity (Wildman–Crippen MR) is 74.3 cm³/mol. The fourth-order valence-electron chi connectivity index (χ4n) is 2.87. The molecule has 20 heavy (non-hydrogen) atoms. The fourth-order valence-corrected chi connectivity index (χ4v) is 2.87. The van der Waals surface area contributed by atoms with E-state index >= 15 is 0 Å². The highest BCUT2D eigenvalue weighted by atomic mass is 19.1. The van der Waals surface area contributed by atoms with E-state index in [0.29, 0.717) is 18.1 Å². The van der Waals surface area contributed by atoms with Gasteiger partial charge in [-0.3, -0.25) is 4.79 Å². The molecule has 0 spiro atoms. The van der Waals surface area contributed by atoms with E-state index in [-0.39, 0.29) is 23.7 Å². The number of carbonyl (C=O) groups is 1. The van der Waals surface area contributed by atoms with Gasteiger partial charge < -0.3 is 15.4 Å². The average molecular weight is 278 g/mol. The topological polar surface area (TPSA) is 50.4 Å². The monoisotopic (exact) mass is 278 g/mol. The van der Waals surface area contributed by atoms with Crippen LogP contribution in [0.5, 0.6) is 0 Å². The Hall–Kier alpha value is -1.62. The summed E-state index contributed by atoms with van der Waals surface area (Å²) in [6.07, 6.45) is 3.32. The number of hydrogen-bond donors (Lipinski definition) is 2. The third kappa shape index (κ3) is 2.50.